The van der Waals surface area contributed by atoms with Gasteiger partial charge >= 0.3 is 0 Å². The Hall–Kier alpha value is -0.930. The maximum atomic E-state index is 12.7. The fourth-order valence-electron chi connectivity index (χ4n) is 1.67. The van der Waals surface area contributed by atoms with Crippen molar-refractivity contribution in [2.75, 3.05) is 6.61 Å². The molecular formula is C13H20FNO. The summed E-state index contributed by atoms with van der Waals surface area (Å²) >= 11 is 0. The molecule has 1 aromatic rings. The van der Waals surface area contributed by atoms with Crippen molar-refractivity contribution >= 4 is 0 Å². The summed E-state index contributed by atoms with van der Waals surface area (Å²) in [5, 5.41) is 12.7. The molecule has 0 aliphatic rings. The van der Waals surface area contributed by atoms with Gasteiger partial charge in [-0.25, -0.2) is 4.39 Å². The van der Waals surface area contributed by atoms with Gasteiger partial charge in [0.05, 0.1) is 6.61 Å². The zero-order valence-corrected chi connectivity index (χ0v) is 9.96. The average Bonchev–Trinajstić information content (AvgIpc) is 2.34. The Bertz CT molecular complexity index is 298. The predicted molar refractivity (Wildman–Crippen MR) is 63.6 cm³/mol. The topological polar surface area (TPSA) is 32.3 Å². The molecule has 1 aromatic carbocycles. The van der Waals surface area contributed by atoms with Crippen LogP contribution in [0.5, 0.6) is 0 Å². The van der Waals surface area contributed by atoms with E-state index in [0.29, 0.717) is 6.54 Å². The van der Waals surface area contributed by atoms with Crippen LogP contribution in [0, 0.1) is 5.82 Å². The molecule has 16 heavy (non-hydrogen) atoms. The fraction of sp³-hybridized carbons (Fsp3) is 0.538. The van der Waals surface area contributed by atoms with Crippen LogP contribution in [-0.2, 0) is 6.54 Å². The molecule has 0 fully saturated rings. The number of aliphatic hydroxyl groups is 1. The van der Waals surface area contributed by atoms with E-state index in [2.05, 4.69) is 19.2 Å². The van der Waals surface area contributed by atoms with Crippen molar-refractivity contribution in [3.05, 3.63) is 35.6 Å². The summed E-state index contributed by atoms with van der Waals surface area (Å²) in [6.07, 6.45) is 1.75. The second-order valence-electron chi connectivity index (χ2n) is 4.13. The zero-order chi connectivity index (χ0) is 12.0. The molecule has 0 saturated heterocycles. The largest absolute Gasteiger partial charge is 0.394 e. The normalized spacial score (nSPS) is 11.8. The molecule has 90 valence electrons. The Labute approximate surface area is 96.5 Å². The molecule has 0 spiro atoms. The lowest BCUT2D eigenvalue weighted by molar-refractivity contribution is 0.149. The highest BCUT2D eigenvalue weighted by Gasteiger charge is 2.23. The summed E-state index contributed by atoms with van der Waals surface area (Å²) in [5.74, 6) is -0.219. The van der Waals surface area contributed by atoms with E-state index in [1.165, 1.54) is 12.1 Å². The van der Waals surface area contributed by atoms with Crippen LogP contribution >= 0.6 is 0 Å². The lowest BCUT2D eigenvalue weighted by Crippen LogP contribution is -2.47. The second kappa shape index (κ2) is 5.97. The van der Waals surface area contributed by atoms with Crippen molar-refractivity contribution in [1.82, 2.24) is 5.32 Å². The van der Waals surface area contributed by atoms with Gasteiger partial charge < -0.3 is 10.4 Å². The molecule has 0 aromatic heterocycles. The quantitative estimate of drug-likeness (QED) is 0.779. The van der Waals surface area contributed by atoms with Gasteiger partial charge in [-0.15, -0.1) is 0 Å². The van der Waals surface area contributed by atoms with Crippen LogP contribution in [0.4, 0.5) is 4.39 Å². The Kier molecular flexibility index (Phi) is 4.90. The Morgan fingerprint density at radius 1 is 1.19 bits per heavy atom. The molecule has 0 amide bonds. The number of hydrogen-bond acceptors (Lipinski definition) is 2. The number of nitrogens with one attached hydrogen (secondary N) is 1. The lowest BCUT2D eigenvalue weighted by Gasteiger charge is -2.31. The number of benzene rings is 1. The van der Waals surface area contributed by atoms with E-state index in [1.54, 1.807) is 12.1 Å². The van der Waals surface area contributed by atoms with Gasteiger partial charge in [0.15, 0.2) is 0 Å². The third kappa shape index (κ3) is 3.29. The number of rotatable bonds is 6. The van der Waals surface area contributed by atoms with E-state index in [-0.39, 0.29) is 18.0 Å². The van der Waals surface area contributed by atoms with Gasteiger partial charge in [-0.05, 0) is 30.5 Å². The highest BCUT2D eigenvalue weighted by Crippen LogP contribution is 2.15. The summed E-state index contributed by atoms with van der Waals surface area (Å²) in [4.78, 5) is 0. The van der Waals surface area contributed by atoms with Crippen LogP contribution in [0.3, 0.4) is 0 Å². The molecule has 0 aliphatic carbocycles. The van der Waals surface area contributed by atoms with Crippen LogP contribution in [0.15, 0.2) is 24.3 Å². The number of hydrogen-bond donors (Lipinski definition) is 2. The zero-order valence-electron chi connectivity index (χ0n) is 9.96. The molecule has 0 aliphatic heterocycles. The van der Waals surface area contributed by atoms with E-state index in [9.17, 15) is 9.50 Å². The second-order valence-corrected chi connectivity index (χ2v) is 4.13. The Morgan fingerprint density at radius 3 is 2.19 bits per heavy atom. The maximum absolute atomic E-state index is 12.7. The van der Waals surface area contributed by atoms with Gasteiger partial charge in [-0.2, -0.15) is 0 Å². The summed E-state index contributed by atoms with van der Waals surface area (Å²) in [7, 11) is 0. The van der Waals surface area contributed by atoms with Crippen molar-refractivity contribution in [3.63, 3.8) is 0 Å². The van der Waals surface area contributed by atoms with Crippen molar-refractivity contribution in [1.29, 1.82) is 0 Å². The van der Waals surface area contributed by atoms with Crippen molar-refractivity contribution in [3.8, 4) is 0 Å². The van der Waals surface area contributed by atoms with Gasteiger partial charge in [0.25, 0.3) is 0 Å². The van der Waals surface area contributed by atoms with Crippen LogP contribution in [0.25, 0.3) is 0 Å². The fourth-order valence-corrected chi connectivity index (χ4v) is 1.67. The molecule has 0 heterocycles. The molecular weight excluding hydrogens is 205 g/mol. The van der Waals surface area contributed by atoms with Crippen LogP contribution in [0.1, 0.15) is 32.3 Å². The number of aliphatic hydroxyl groups excluding tert-OH is 1. The summed E-state index contributed by atoms with van der Waals surface area (Å²) in [6.45, 7) is 4.89. The molecule has 2 N–H and O–H groups in total. The molecule has 3 heteroatoms. The van der Waals surface area contributed by atoms with E-state index >= 15 is 0 Å². The van der Waals surface area contributed by atoms with E-state index in [0.717, 1.165) is 18.4 Å². The highest BCUT2D eigenvalue weighted by atomic mass is 19.1. The van der Waals surface area contributed by atoms with Gasteiger partial charge in [-0.1, -0.05) is 26.0 Å². The van der Waals surface area contributed by atoms with Crippen molar-refractivity contribution in [2.24, 2.45) is 0 Å². The van der Waals surface area contributed by atoms with Crippen LogP contribution < -0.4 is 5.32 Å². The average molecular weight is 225 g/mol. The first-order valence-corrected chi connectivity index (χ1v) is 5.76. The molecule has 1 rings (SSSR count). The summed E-state index contributed by atoms with van der Waals surface area (Å²) in [5.41, 5.74) is 0.815. The molecule has 0 radical (unpaired) electrons. The third-order valence-corrected chi connectivity index (χ3v) is 3.24. The summed E-state index contributed by atoms with van der Waals surface area (Å²) < 4.78 is 12.7. The molecule has 0 saturated carbocycles. The Balaban J connectivity index is 2.58. The molecule has 0 bridgehead atoms. The lowest BCUT2D eigenvalue weighted by atomic mass is 9.93. The van der Waals surface area contributed by atoms with Crippen molar-refractivity contribution in [2.45, 2.75) is 38.8 Å². The van der Waals surface area contributed by atoms with Crippen LogP contribution in [-0.4, -0.2) is 17.3 Å². The van der Waals surface area contributed by atoms with Gasteiger partial charge in [0.1, 0.15) is 5.82 Å². The standard InChI is InChI=1S/C13H20FNO/c1-3-13(4-2,10-16)15-9-11-5-7-12(14)8-6-11/h5-8,15-16H,3-4,9-10H2,1-2H3. The van der Waals surface area contributed by atoms with E-state index < -0.39 is 0 Å². The summed E-state index contributed by atoms with van der Waals surface area (Å²) in [6, 6.07) is 6.43. The molecule has 0 unspecified atom stereocenters. The first-order chi connectivity index (χ1) is 7.65. The molecule has 2 nitrogen and oxygen atoms in total. The minimum atomic E-state index is -0.219. The minimum Gasteiger partial charge on any atom is -0.394 e. The minimum absolute atomic E-state index is 0.126. The van der Waals surface area contributed by atoms with E-state index in [4.69, 9.17) is 0 Å². The highest BCUT2D eigenvalue weighted by molar-refractivity contribution is 5.16. The number of halogens is 1. The smallest absolute Gasteiger partial charge is 0.123 e. The van der Waals surface area contributed by atoms with Crippen molar-refractivity contribution < 1.29 is 9.50 Å². The maximum Gasteiger partial charge on any atom is 0.123 e. The van der Waals surface area contributed by atoms with Crippen LogP contribution in [0.2, 0.25) is 0 Å². The predicted octanol–water partition coefficient (Wildman–Crippen LogP) is 2.47. The third-order valence-electron chi connectivity index (χ3n) is 3.24. The van der Waals surface area contributed by atoms with Gasteiger partial charge in [0, 0.05) is 12.1 Å². The van der Waals surface area contributed by atoms with E-state index in [1.807, 2.05) is 0 Å². The SMILES string of the molecule is CCC(CC)(CO)NCc1ccc(F)cc1. The van der Waals surface area contributed by atoms with Gasteiger partial charge in [-0.3, -0.25) is 0 Å². The molecule has 0 atom stereocenters. The Morgan fingerprint density at radius 2 is 1.75 bits per heavy atom. The monoisotopic (exact) mass is 225 g/mol. The van der Waals surface area contributed by atoms with Gasteiger partial charge in [0.2, 0.25) is 0 Å². The first kappa shape index (κ1) is 13.1. The first-order valence-electron chi connectivity index (χ1n) is 5.76.